The second kappa shape index (κ2) is 25.4. The highest BCUT2D eigenvalue weighted by atomic mass is 32.1. The van der Waals surface area contributed by atoms with Gasteiger partial charge in [0, 0.05) is 45.6 Å². The van der Waals surface area contributed by atoms with Gasteiger partial charge in [-0.05, 0) is 43.4 Å². The molecule has 25 nitrogen and oxygen atoms in total. The standard InChI is InChI=1S/C55H53N15O10S6/c1-23(2)38-54-69-41(35(17-71)86-54)46(77)58-16-37(73)66-42(43(74)25-9-6-5-7-10-25)53-65-33(22-84-53)51-62-30(19-82-51)40-26(49-63-31(20-81-49)45(76)60-28(15-36(72)57-4)52-68-39(24(3)85-52)47(78)67-38)12-13-27(59-40)50-64-32(21-83-50)48-61-29(18-80-48)55(79)70-14-8-11-34(70)44(56)75/h5-7,9-10,12-13,19-23,28-29,34,38,42-43,71,74H,8,11,14-18H2,1-4H3,(H2,56,75)(H,57,72)(H,58,77)(H,60,76)(H,66,73)(H,67,78). The number of amides is 7. The van der Waals surface area contributed by atoms with Crippen molar-refractivity contribution in [3.63, 3.8) is 0 Å². The summed E-state index contributed by atoms with van der Waals surface area (Å²) in [6.07, 6.45) is -0.407. The SMILES string of the molecule is CNC(=O)CC1NC(=O)c2csc(n2)-c2ccc(-c3nc(C4=NC(C(=O)N5CCCC5C(N)=O)CO4)cs3)nc2-c2csc(n2)-c2csc(n2)C(C(O)c2ccccc2)NC(=O)CNC(=O)c2nc(sc2CO)C(C(C)C)NC(=O)c2nc1sc2C. The van der Waals surface area contributed by atoms with E-state index >= 15 is 0 Å². The van der Waals surface area contributed by atoms with E-state index in [-0.39, 0.29) is 57.7 Å². The van der Waals surface area contributed by atoms with Crippen molar-refractivity contribution >= 4 is 115 Å². The molecule has 3 aliphatic heterocycles. The summed E-state index contributed by atoms with van der Waals surface area (Å²) < 4.78 is 5.89. The predicted molar refractivity (Wildman–Crippen MR) is 322 cm³/mol. The normalized spacial score (nSPS) is 19.6. The number of pyridine rings is 1. The van der Waals surface area contributed by atoms with Gasteiger partial charge in [-0.2, -0.15) is 0 Å². The molecule has 3 aliphatic rings. The lowest BCUT2D eigenvalue weighted by Gasteiger charge is -2.23. The topological polar surface area (TPSA) is 361 Å². The summed E-state index contributed by atoms with van der Waals surface area (Å²) in [5, 5.41) is 45.3. The first-order valence-corrected chi connectivity index (χ1v) is 32.0. The number of aryl methyl sites for hydroxylation is 1. The summed E-state index contributed by atoms with van der Waals surface area (Å²) in [6, 6.07) is 7.74. The first kappa shape index (κ1) is 59.6. The third-order valence-corrected chi connectivity index (χ3v) is 19.9. The maximum Gasteiger partial charge on any atom is 0.271 e. The smallest absolute Gasteiger partial charge is 0.271 e. The van der Waals surface area contributed by atoms with Crippen molar-refractivity contribution in [2.45, 2.75) is 83.0 Å². The van der Waals surface area contributed by atoms with E-state index in [0.717, 1.165) is 34.0 Å². The van der Waals surface area contributed by atoms with Crippen LogP contribution in [-0.2, 0) is 30.5 Å². The van der Waals surface area contributed by atoms with Crippen LogP contribution in [0.5, 0.6) is 0 Å². The van der Waals surface area contributed by atoms with Crippen LogP contribution in [0.1, 0.15) is 125 Å². The Labute approximate surface area is 513 Å². The lowest BCUT2D eigenvalue weighted by Crippen LogP contribution is -2.47. The highest BCUT2D eigenvalue weighted by Crippen LogP contribution is 2.40. The molecule has 31 heteroatoms. The van der Waals surface area contributed by atoms with Crippen LogP contribution in [0.3, 0.4) is 0 Å². The summed E-state index contributed by atoms with van der Waals surface area (Å²) in [4.78, 5) is 135. The van der Waals surface area contributed by atoms with E-state index < -0.39 is 84.9 Å². The van der Waals surface area contributed by atoms with Gasteiger partial charge in [0.05, 0.1) is 42.2 Å². The van der Waals surface area contributed by atoms with Crippen molar-refractivity contribution in [1.29, 1.82) is 0 Å². The number of carbonyl (C=O) groups excluding carboxylic acids is 7. The Kier molecular flexibility index (Phi) is 17.6. The van der Waals surface area contributed by atoms with Gasteiger partial charge in [-0.15, -0.1) is 68.0 Å². The number of primary amides is 1. The molecule has 1 aromatic carbocycles. The van der Waals surface area contributed by atoms with Gasteiger partial charge in [0.15, 0.2) is 6.04 Å². The number of aliphatic imine (C=N–C) groups is 1. The van der Waals surface area contributed by atoms with Gasteiger partial charge >= 0.3 is 0 Å². The third-order valence-electron chi connectivity index (χ3n) is 14.1. The molecule has 8 aromatic rings. The Morgan fingerprint density at radius 1 is 0.744 bits per heavy atom. The number of hydrogen-bond acceptors (Lipinski definition) is 24. The minimum atomic E-state index is -1.30. The monoisotopic (exact) mass is 1280 g/mol. The number of thiazole rings is 6. The quantitative estimate of drug-likeness (QED) is 0.0863. The summed E-state index contributed by atoms with van der Waals surface area (Å²) in [6.45, 7) is 4.59. The van der Waals surface area contributed by atoms with E-state index in [0.29, 0.717) is 88.9 Å². The molecule has 1 saturated heterocycles. The molecule has 9 N–H and O–H groups in total. The number of rotatable bonds is 10. The van der Waals surface area contributed by atoms with Gasteiger partial charge in [-0.25, -0.2) is 39.9 Å². The largest absolute Gasteiger partial charge is 0.473 e. The van der Waals surface area contributed by atoms with Crippen LogP contribution in [-0.4, -0.2) is 136 Å². The molecular weight excluding hydrogens is 1220 g/mol. The lowest BCUT2D eigenvalue weighted by atomic mass is 10.0. The van der Waals surface area contributed by atoms with E-state index in [1.165, 1.54) is 46.0 Å². The molecule has 6 atom stereocenters. The molecule has 6 unspecified atom stereocenters. The number of benzene rings is 1. The van der Waals surface area contributed by atoms with Crippen molar-refractivity contribution < 1.29 is 48.5 Å². The molecule has 0 spiro atoms. The van der Waals surface area contributed by atoms with E-state index in [4.69, 9.17) is 35.4 Å². The molecule has 7 aromatic heterocycles. The number of hydrogen-bond donors (Lipinski definition) is 8. The number of nitrogens with one attached hydrogen (secondary N) is 5. The lowest BCUT2D eigenvalue weighted by molar-refractivity contribution is -0.138. The summed E-state index contributed by atoms with van der Waals surface area (Å²) in [5.41, 5.74) is 8.41. The molecule has 11 rings (SSSR count). The van der Waals surface area contributed by atoms with Gasteiger partial charge in [0.25, 0.3) is 23.6 Å². The zero-order valence-corrected chi connectivity index (χ0v) is 51.0. The van der Waals surface area contributed by atoms with Gasteiger partial charge in [-0.1, -0.05) is 44.2 Å². The maximum absolute atomic E-state index is 14.3. The number of aromatic nitrogens is 7. The average Bonchev–Trinajstić information content (AvgIpc) is 3.56. The average molecular weight is 1280 g/mol. The Hall–Kier alpha value is -8.17. The van der Waals surface area contributed by atoms with Crippen LogP contribution in [0.2, 0.25) is 0 Å². The Balaban J connectivity index is 0.968. The van der Waals surface area contributed by atoms with E-state index in [1.54, 1.807) is 70.9 Å². The summed E-state index contributed by atoms with van der Waals surface area (Å²) in [7, 11) is 1.46. The fourth-order valence-corrected chi connectivity index (χ4v) is 15.1. The first-order valence-electron chi connectivity index (χ1n) is 26.8. The number of aliphatic hydroxyl groups excluding tert-OH is 2. The minimum absolute atomic E-state index is 0.0116. The van der Waals surface area contributed by atoms with Gasteiger partial charge in [0.2, 0.25) is 23.6 Å². The van der Waals surface area contributed by atoms with Crippen molar-refractivity contribution in [1.82, 2.24) is 66.4 Å². The van der Waals surface area contributed by atoms with Crippen molar-refractivity contribution in [2.24, 2.45) is 16.6 Å². The van der Waals surface area contributed by atoms with Crippen LogP contribution < -0.4 is 32.3 Å². The maximum atomic E-state index is 14.3. The summed E-state index contributed by atoms with van der Waals surface area (Å²) in [5.74, 6) is -4.14. The summed E-state index contributed by atoms with van der Waals surface area (Å²) >= 11 is 6.99. The number of carbonyl (C=O) groups is 7. The van der Waals surface area contributed by atoms with Crippen LogP contribution in [0, 0.1) is 12.8 Å². The minimum Gasteiger partial charge on any atom is -0.473 e. The predicted octanol–water partition coefficient (Wildman–Crippen LogP) is 5.28. The van der Waals surface area contributed by atoms with Gasteiger partial charge in [-0.3, -0.25) is 33.6 Å². The molecule has 10 bridgehead atoms. The first-order chi connectivity index (χ1) is 41.4. The number of fused-ring (bicyclic) bond motifs is 14. The molecule has 0 radical (unpaired) electrons. The molecule has 444 valence electrons. The molecule has 7 amide bonds. The second-order valence-corrected chi connectivity index (χ2v) is 26.1. The Morgan fingerprint density at radius 3 is 2.21 bits per heavy atom. The van der Waals surface area contributed by atoms with E-state index in [9.17, 15) is 43.8 Å². The van der Waals surface area contributed by atoms with Crippen LogP contribution >= 0.6 is 68.0 Å². The molecular formula is C55H53N15O10S6. The van der Waals surface area contributed by atoms with E-state index in [2.05, 4.69) is 41.5 Å². The molecule has 86 heavy (non-hydrogen) atoms. The Bertz CT molecular complexity index is 3960. The highest BCUT2D eigenvalue weighted by Gasteiger charge is 2.39. The number of ether oxygens (including phenoxy) is 1. The number of likely N-dealkylation sites (tertiary alicyclic amines) is 1. The van der Waals surface area contributed by atoms with Gasteiger partial charge < -0.3 is 52.2 Å². The highest BCUT2D eigenvalue weighted by molar-refractivity contribution is 7.15. The fraction of sp³-hybridized carbons (Fsp3) is 0.327. The Morgan fingerprint density at radius 2 is 1.45 bits per heavy atom. The molecule has 0 saturated carbocycles. The van der Waals surface area contributed by atoms with Crippen molar-refractivity contribution in [3.05, 3.63) is 117 Å². The van der Waals surface area contributed by atoms with Crippen molar-refractivity contribution in [3.8, 4) is 43.4 Å². The number of nitrogens with two attached hydrogens (primary N) is 1. The second-order valence-electron chi connectivity index (χ2n) is 20.3. The molecule has 1 fully saturated rings. The molecule has 10 heterocycles. The number of aliphatic hydroxyl groups is 2. The van der Waals surface area contributed by atoms with Crippen LogP contribution in [0.15, 0.2) is 69.0 Å². The van der Waals surface area contributed by atoms with Crippen LogP contribution in [0.25, 0.3) is 43.4 Å². The van der Waals surface area contributed by atoms with Crippen LogP contribution in [0.4, 0.5) is 0 Å². The fourth-order valence-electron chi connectivity index (χ4n) is 9.72. The number of nitrogens with zero attached hydrogens (tertiary/aromatic N) is 9. The zero-order valence-electron chi connectivity index (χ0n) is 46.1. The van der Waals surface area contributed by atoms with Gasteiger partial charge in [0.1, 0.15) is 94.7 Å². The third kappa shape index (κ3) is 12.4. The molecule has 0 aliphatic carbocycles. The van der Waals surface area contributed by atoms with Crippen molar-refractivity contribution in [2.75, 3.05) is 26.7 Å². The van der Waals surface area contributed by atoms with E-state index in [1.807, 2.05) is 13.8 Å². The zero-order chi connectivity index (χ0) is 60.5.